The van der Waals surface area contributed by atoms with Gasteiger partial charge >= 0.3 is 6.09 Å². The molecule has 0 aliphatic rings. The average molecular weight is 398 g/mol. The molecule has 3 amide bonds. The van der Waals surface area contributed by atoms with Crippen molar-refractivity contribution in [3.8, 4) is 5.75 Å². The van der Waals surface area contributed by atoms with Crippen LogP contribution < -0.4 is 26.6 Å². The third kappa shape index (κ3) is 7.25. The summed E-state index contributed by atoms with van der Waals surface area (Å²) in [5, 5.41) is 2.64. The number of primary amides is 1. The first kappa shape index (κ1) is 21.3. The van der Waals surface area contributed by atoms with E-state index < -0.39 is 12.0 Å². The van der Waals surface area contributed by atoms with Gasteiger partial charge < -0.3 is 25.9 Å². The van der Waals surface area contributed by atoms with Gasteiger partial charge in [-0.05, 0) is 42.0 Å². The molecule has 0 aliphatic carbocycles. The van der Waals surface area contributed by atoms with Crippen molar-refractivity contribution in [2.75, 3.05) is 12.4 Å². The van der Waals surface area contributed by atoms with Gasteiger partial charge in [-0.3, -0.25) is 9.59 Å². The highest BCUT2D eigenvalue weighted by atomic mass is 16.6. The maximum absolute atomic E-state index is 12.0. The molecule has 9 heteroatoms. The van der Waals surface area contributed by atoms with E-state index in [4.69, 9.17) is 15.2 Å². The number of carbonyl (C=O) groups is 3. The normalized spacial score (nSPS) is 9.83. The summed E-state index contributed by atoms with van der Waals surface area (Å²) >= 11 is 0. The molecule has 2 rings (SSSR count). The number of hydrogen-bond donors (Lipinski definition) is 4. The Morgan fingerprint density at radius 1 is 1.00 bits per heavy atom. The molecule has 0 radical (unpaired) electrons. The van der Waals surface area contributed by atoms with Gasteiger partial charge in [-0.1, -0.05) is 18.7 Å². The van der Waals surface area contributed by atoms with Crippen molar-refractivity contribution < 1.29 is 23.9 Å². The zero-order chi connectivity index (χ0) is 21.2. The van der Waals surface area contributed by atoms with E-state index in [1.807, 2.05) is 0 Å². The molecule has 0 saturated carbocycles. The van der Waals surface area contributed by atoms with Crippen LogP contribution in [0.1, 0.15) is 22.3 Å². The minimum atomic E-state index is -0.718. The van der Waals surface area contributed by atoms with Gasteiger partial charge in [0.25, 0.3) is 0 Å². The SMILES string of the molecule is C=C(CC(=O)Nc1ccc(C(N)=O)cc1)NNC(=O)OCc1ccc(OC)cc1. The Labute approximate surface area is 167 Å². The van der Waals surface area contributed by atoms with Crippen molar-refractivity contribution in [2.24, 2.45) is 5.73 Å². The van der Waals surface area contributed by atoms with E-state index in [0.29, 0.717) is 17.0 Å². The van der Waals surface area contributed by atoms with E-state index in [1.54, 1.807) is 43.5 Å². The first-order valence-corrected chi connectivity index (χ1v) is 8.56. The van der Waals surface area contributed by atoms with Crippen LogP contribution in [0.4, 0.5) is 10.5 Å². The average Bonchev–Trinajstić information content (AvgIpc) is 2.71. The number of hydrazine groups is 1. The number of carbonyl (C=O) groups excluding carboxylic acids is 3. The molecule has 5 N–H and O–H groups in total. The second-order valence-electron chi connectivity index (χ2n) is 5.94. The fourth-order valence-electron chi connectivity index (χ4n) is 2.21. The molecule has 29 heavy (non-hydrogen) atoms. The molecule has 9 nitrogen and oxygen atoms in total. The number of benzene rings is 2. The van der Waals surface area contributed by atoms with Crippen molar-refractivity contribution in [2.45, 2.75) is 13.0 Å². The van der Waals surface area contributed by atoms with Crippen molar-refractivity contribution in [3.05, 3.63) is 71.9 Å². The third-order valence-corrected chi connectivity index (χ3v) is 3.70. The van der Waals surface area contributed by atoms with Crippen LogP contribution in [0.3, 0.4) is 0 Å². The first-order chi connectivity index (χ1) is 13.9. The summed E-state index contributed by atoms with van der Waals surface area (Å²) in [6.07, 6.45) is -0.805. The molecule has 0 saturated heterocycles. The second kappa shape index (κ2) is 10.4. The fourth-order valence-corrected chi connectivity index (χ4v) is 2.21. The van der Waals surface area contributed by atoms with Gasteiger partial charge in [0.1, 0.15) is 12.4 Å². The van der Waals surface area contributed by atoms with Gasteiger partial charge in [-0.25, -0.2) is 10.2 Å². The number of nitrogens with one attached hydrogen (secondary N) is 3. The number of methoxy groups -OCH3 is 1. The van der Waals surface area contributed by atoms with Crippen LogP contribution in [0.5, 0.6) is 5.75 Å². The number of nitrogens with two attached hydrogens (primary N) is 1. The van der Waals surface area contributed by atoms with Gasteiger partial charge in [0, 0.05) is 16.9 Å². The van der Waals surface area contributed by atoms with E-state index in [0.717, 1.165) is 5.56 Å². The summed E-state index contributed by atoms with van der Waals surface area (Å²) in [6, 6.07) is 13.2. The topological polar surface area (TPSA) is 132 Å². The quantitative estimate of drug-likeness (QED) is 0.478. The molecular weight excluding hydrogens is 376 g/mol. The minimum Gasteiger partial charge on any atom is -0.497 e. The van der Waals surface area contributed by atoms with Gasteiger partial charge in [-0.15, -0.1) is 0 Å². The fraction of sp³-hybridized carbons (Fsp3) is 0.150. The predicted octanol–water partition coefficient (Wildman–Crippen LogP) is 2.07. The zero-order valence-electron chi connectivity index (χ0n) is 15.9. The molecule has 0 spiro atoms. The molecule has 2 aromatic rings. The van der Waals surface area contributed by atoms with E-state index in [1.165, 1.54) is 12.1 Å². The number of hydrogen-bond acceptors (Lipinski definition) is 6. The first-order valence-electron chi connectivity index (χ1n) is 8.56. The lowest BCUT2D eigenvalue weighted by molar-refractivity contribution is -0.115. The molecule has 0 atom stereocenters. The molecule has 0 aromatic heterocycles. The van der Waals surface area contributed by atoms with E-state index in [9.17, 15) is 14.4 Å². The maximum atomic E-state index is 12.0. The van der Waals surface area contributed by atoms with Gasteiger partial charge in [-0.2, -0.15) is 0 Å². The lowest BCUT2D eigenvalue weighted by Crippen LogP contribution is -2.37. The van der Waals surface area contributed by atoms with E-state index in [-0.39, 0.29) is 24.6 Å². The van der Waals surface area contributed by atoms with Crippen LogP contribution >= 0.6 is 0 Å². The zero-order valence-corrected chi connectivity index (χ0v) is 15.9. The Morgan fingerprint density at radius 3 is 2.24 bits per heavy atom. The van der Waals surface area contributed by atoms with Crippen LogP contribution in [-0.4, -0.2) is 25.0 Å². The Kier molecular flexibility index (Phi) is 7.60. The highest BCUT2D eigenvalue weighted by Gasteiger charge is 2.08. The molecule has 0 aliphatic heterocycles. The summed E-state index contributed by atoms with van der Waals surface area (Å²) in [7, 11) is 1.57. The van der Waals surface area contributed by atoms with Crippen molar-refractivity contribution >= 4 is 23.6 Å². The van der Waals surface area contributed by atoms with Gasteiger partial charge in [0.2, 0.25) is 11.8 Å². The number of ether oxygens (including phenoxy) is 2. The summed E-state index contributed by atoms with van der Waals surface area (Å²) in [6.45, 7) is 3.74. The Balaban J connectivity index is 1.69. The van der Waals surface area contributed by atoms with Crippen LogP contribution in [0, 0.1) is 0 Å². The van der Waals surface area contributed by atoms with Gasteiger partial charge in [0.05, 0.1) is 13.5 Å². The molecule has 0 heterocycles. The summed E-state index contributed by atoms with van der Waals surface area (Å²) in [5.74, 6) is -0.202. The van der Waals surface area contributed by atoms with Crippen molar-refractivity contribution in [1.82, 2.24) is 10.9 Å². The van der Waals surface area contributed by atoms with E-state index >= 15 is 0 Å². The minimum absolute atomic E-state index is 0.0752. The number of amides is 3. The van der Waals surface area contributed by atoms with Crippen LogP contribution in [0.25, 0.3) is 0 Å². The summed E-state index contributed by atoms with van der Waals surface area (Å²) in [5.41, 5.74) is 11.9. The standard InChI is InChI=1S/C20H22N4O5/c1-13(11-18(25)22-16-7-5-15(6-8-16)19(21)26)23-24-20(27)29-12-14-3-9-17(28-2)10-4-14/h3-10,23H,1,11-12H2,2H3,(H2,21,26)(H,22,25)(H,24,27). The number of anilines is 1. The smallest absolute Gasteiger partial charge is 0.426 e. The van der Waals surface area contributed by atoms with Crippen molar-refractivity contribution in [1.29, 1.82) is 0 Å². The lowest BCUT2D eigenvalue weighted by Gasteiger charge is -2.12. The molecule has 0 fully saturated rings. The largest absolute Gasteiger partial charge is 0.497 e. The summed E-state index contributed by atoms with van der Waals surface area (Å²) < 4.78 is 10.1. The predicted molar refractivity (Wildman–Crippen MR) is 107 cm³/mol. The molecule has 0 unspecified atom stereocenters. The van der Waals surface area contributed by atoms with Gasteiger partial charge in [0.15, 0.2) is 0 Å². The Morgan fingerprint density at radius 2 is 1.66 bits per heavy atom. The van der Waals surface area contributed by atoms with Crippen LogP contribution in [0.15, 0.2) is 60.8 Å². The number of rotatable bonds is 9. The second-order valence-corrected chi connectivity index (χ2v) is 5.94. The molecule has 152 valence electrons. The Hall–Kier alpha value is -4.01. The molecule has 2 aromatic carbocycles. The highest BCUT2D eigenvalue weighted by molar-refractivity contribution is 5.95. The maximum Gasteiger partial charge on any atom is 0.426 e. The lowest BCUT2D eigenvalue weighted by atomic mass is 10.2. The molecular formula is C20H22N4O5. The van der Waals surface area contributed by atoms with E-state index in [2.05, 4.69) is 22.7 Å². The third-order valence-electron chi connectivity index (χ3n) is 3.70. The summed E-state index contributed by atoms with van der Waals surface area (Å²) in [4.78, 5) is 34.7. The Bertz CT molecular complexity index is 879. The monoisotopic (exact) mass is 398 g/mol. The van der Waals surface area contributed by atoms with Crippen molar-refractivity contribution in [3.63, 3.8) is 0 Å². The highest BCUT2D eigenvalue weighted by Crippen LogP contribution is 2.12. The molecule has 0 bridgehead atoms. The van der Waals surface area contributed by atoms with Crippen LogP contribution in [-0.2, 0) is 16.1 Å². The van der Waals surface area contributed by atoms with Crippen LogP contribution in [0.2, 0.25) is 0 Å².